The maximum atomic E-state index is 12.5. The lowest BCUT2D eigenvalue weighted by molar-refractivity contribution is -0.115. The number of anilines is 1. The summed E-state index contributed by atoms with van der Waals surface area (Å²) in [5, 5.41) is 5.74. The van der Waals surface area contributed by atoms with Crippen LogP contribution in [0.3, 0.4) is 0 Å². The number of aromatic nitrogens is 1. The lowest BCUT2D eigenvalue weighted by Gasteiger charge is -2.11. The molecular weight excluding hydrogens is 412 g/mol. The van der Waals surface area contributed by atoms with E-state index in [1.165, 1.54) is 11.3 Å². The van der Waals surface area contributed by atoms with Gasteiger partial charge in [-0.15, -0.1) is 11.3 Å². The standard InChI is InChI=1S/C21H19ClN2O4S/c1-26-15-5-3-14(4-6-15)17-12-29-21(23-17)24-19(25)11-13-9-16(22)20-18(10-13)27-7-2-8-28-20/h3-6,9-10,12H,2,7-8,11H2,1H3,(H,23,24,25). The van der Waals surface area contributed by atoms with Crippen LogP contribution in [-0.2, 0) is 11.2 Å². The van der Waals surface area contributed by atoms with Crippen LogP contribution in [0.2, 0.25) is 5.02 Å². The van der Waals surface area contributed by atoms with Crippen LogP contribution in [-0.4, -0.2) is 31.2 Å². The second-order valence-electron chi connectivity index (χ2n) is 6.45. The number of hydrogen-bond acceptors (Lipinski definition) is 6. The summed E-state index contributed by atoms with van der Waals surface area (Å²) in [5.41, 5.74) is 2.51. The molecule has 29 heavy (non-hydrogen) atoms. The maximum Gasteiger partial charge on any atom is 0.230 e. The van der Waals surface area contributed by atoms with Gasteiger partial charge in [-0.25, -0.2) is 4.98 Å². The molecule has 6 nitrogen and oxygen atoms in total. The summed E-state index contributed by atoms with van der Waals surface area (Å²) in [5.74, 6) is 1.73. The predicted molar refractivity (Wildman–Crippen MR) is 113 cm³/mol. The number of methoxy groups -OCH3 is 1. The number of benzene rings is 2. The van der Waals surface area contributed by atoms with Crippen LogP contribution in [0.4, 0.5) is 5.13 Å². The molecule has 0 aliphatic carbocycles. The fraction of sp³-hybridized carbons (Fsp3) is 0.238. The van der Waals surface area contributed by atoms with E-state index in [4.69, 9.17) is 25.8 Å². The summed E-state index contributed by atoms with van der Waals surface area (Å²) in [4.78, 5) is 17.0. The van der Waals surface area contributed by atoms with Gasteiger partial charge in [0.2, 0.25) is 5.91 Å². The number of amides is 1. The first-order valence-corrected chi connectivity index (χ1v) is 10.4. The number of ether oxygens (including phenoxy) is 3. The van der Waals surface area contributed by atoms with Gasteiger partial charge in [0, 0.05) is 17.4 Å². The second kappa shape index (κ2) is 8.71. The van der Waals surface area contributed by atoms with Crippen LogP contribution in [0, 0.1) is 0 Å². The molecule has 0 radical (unpaired) electrons. The molecule has 0 spiro atoms. The van der Waals surface area contributed by atoms with Crippen molar-refractivity contribution in [1.29, 1.82) is 0 Å². The Kier molecular flexibility index (Phi) is 5.87. The first-order valence-electron chi connectivity index (χ1n) is 9.10. The Balaban J connectivity index is 1.43. The Labute approximate surface area is 177 Å². The van der Waals surface area contributed by atoms with Crippen LogP contribution in [0.1, 0.15) is 12.0 Å². The molecule has 150 valence electrons. The molecule has 0 saturated carbocycles. The summed E-state index contributed by atoms with van der Waals surface area (Å²) in [6, 6.07) is 11.1. The van der Waals surface area contributed by atoms with Crippen molar-refractivity contribution in [2.24, 2.45) is 0 Å². The Morgan fingerprint density at radius 3 is 2.83 bits per heavy atom. The normalized spacial score (nSPS) is 12.9. The van der Waals surface area contributed by atoms with E-state index >= 15 is 0 Å². The van der Waals surface area contributed by atoms with E-state index in [9.17, 15) is 4.79 Å². The molecule has 8 heteroatoms. The van der Waals surface area contributed by atoms with Gasteiger partial charge in [0.25, 0.3) is 0 Å². The van der Waals surface area contributed by atoms with E-state index in [2.05, 4.69) is 10.3 Å². The zero-order chi connectivity index (χ0) is 20.2. The van der Waals surface area contributed by atoms with E-state index in [1.54, 1.807) is 19.2 Å². The van der Waals surface area contributed by atoms with Gasteiger partial charge in [-0.2, -0.15) is 0 Å². The molecule has 0 bridgehead atoms. The molecular formula is C21H19ClN2O4S. The largest absolute Gasteiger partial charge is 0.497 e. The van der Waals surface area contributed by atoms with Crippen molar-refractivity contribution in [3.8, 4) is 28.5 Å². The van der Waals surface area contributed by atoms with E-state index in [-0.39, 0.29) is 12.3 Å². The van der Waals surface area contributed by atoms with Crippen LogP contribution in [0.15, 0.2) is 41.8 Å². The zero-order valence-electron chi connectivity index (χ0n) is 15.7. The number of thiazole rings is 1. The monoisotopic (exact) mass is 430 g/mol. The highest BCUT2D eigenvalue weighted by Crippen LogP contribution is 2.38. The van der Waals surface area contributed by atoms with Crippen molar-refractivity contribution in [3.05, 3.63) is 52.4 Å². The van der Waals surface area contributed by atoms with Gasteiger partial charge in [0.05, 0.1) is 37.5 Å². The molecule has 2 heterocycles. The maximum absolute atomic E-state index is 12.5. The van der Waals surface area contributed by atoms with Gasteiger partial charge in [-0.05, 0) is 42.0 Å². The Bertz CT molecular complexity index is 1020. The van der Waals surface area contributed by atoms with Crippen molar-refractivity contribution < 1.29 is 19.0 Å². The minimum absolute atomic E-state index is 0.161. The number of carbonyl (C=O) groups is 1. The molecule has 1 N–H and O–H groups in total. The minimum atomic E-state index is -0.175. The average Bonchev–Trinajstić information content (AvgIpc) is 3.04. The SMILES string of the molecule is COc1ccc(-c2csc(NC(=O)Cc3cc(Cl)c4c(c3)OCCCO4)n2)cc1. The molecule has 1 aliphatic heterocycles. The third kappa shape index (κ3) is 4.63. The van der Waals surface area contributed by atoms with E-state index in [0.29, 0.717) is 34.9 Å². The summed E-state index contributed by atoms with van der Waals surface area (Å²) in [6.45, 7) is 1.12. The van der Waals surface area contributed by atoms with Crippen molar-refractivity contribution in [1.82, 2.24) is 4.98 Å². The number of nitrogens with one attached hydrogen (secondary N) is 1. The number of hydrogen-bond donors (Lipinski definition) is 1. The summed E-state index contributed by atoms with van der Waals surface area (Å²) < 4.78 is 16.5. The molecule has 2 aromatic carbocycles. The molecule has 1 aromatic heterocycles. The van der Waals surface area contributed by atoms with Gasteiger partial charge >= 0.3 is 0 Å². The molecule has 4 rings (SSSR count). The van der Waals surface area contributed by atoms with E-state index in [0.717, 1.165) is 29.0 Å². The Hall–Kier alpha value is -2.77. The highest BCUT2D eigenvalue weighted by atomic mass is 35.5. The Morgan fingerprint density at radius 1 is 1.24 bits per heavy atom. The van der Waals surface area contributed by atoms with Gasteiger partial charge in [0.1, 0.15) is 5.75 Å². The van der Waals surface area contributed by atoms with Crippen LogP contribution >= 0.6 is 22.9 Å². The smallest absolute Gasteiger partial charge is 0.230 e. The highest BCUT2D eigenvalue weighted by Gasteiger charge is 2.17. The van der Waals surface area contributed by atoms with E-state index < -0.39 is 0 Å². The quantitative estimate of drug-likeness (QED) is 0.628. The molecule has 0 unspecified atom stereocenters. The van der Waals surface area contributed by atoms with Crippen LogP contribution in [0.5, 0.6) is 17.2 Å². The molecule has 0 fully saturated rings. The lowest BCUT2D eigenvalue weighted by atomic mass is 10.1. The first-order chi connectivity index (χ1) is 14.1. The number of halogens is 1. The fourth-order valence-electron chi connectivity index (χ4n) is 2.96. The third-order valence-corrected chi connectivity index (χ3v) is 5.40. The molecule has 1 aliphatic rings. The predicted octanol–water partition coefficient (Wildman–Crippen LogP) is 4.81. The number of rotatable bonds is 5. The number of nitrogens with zero attached hydrogens (tertiary/aromatic N) is 1. The second-order valence-corrected chi connectivity index (χ2v) is 7.71. The zero-order valence-corrected chi connectivity index (χ0v) is 17.3. The van der Waals surface area contributed by atoms with Crippen molar-refractivity contribution in [2.45, 2.75) is 12.8 Å². The molecule has 1 amide bonds. The van der Waals surface area contributed by atoms with Crippen molar-refractivity contribution in [3.63, 3.8) is 0 Å². The van der Waals surface area contributed by atoms with Crippen molar-refractivity contribution >= 4 is 34.0 Å². The number of fused-ring (bicyclic) bond motifs is 1. The fourth-order valence-corrected chi connectivity index (χ4v) is 3.98. The average molecular weight is 431 g/mol. The molecule has 3 aromatic rings. The Morgan fingerprint density at radius 2 is 2.03 bits per heavy atom. The van der Waals surface area contributed by atoms with Crippen molar-refractivity contribution in [2.75, 3.05) is 25.6 Å². The third-order valence-electron chi connectivity index (χ3n) is 4.36. The minimum Gasteiger partial charge on any atom is -0.497 e. The van der Waals surface area contributed by atoms with Crippen LogP contribution in [0.25, 0.3) is 11.3 Å². The highest BCUT2D eigenvalue weighted by molar-refractivity contribution is 7.14. The van der Waals surface area contributed by atoms with Gasteiger partial charge in [-0.3, -0.25) is 4.79 Å². The van der Waals surface area contributed by atoms with Crippen LogP contribution < -0.4 is 19.5 Å². The molecule has 0 atom stereocenters. The first kappa shape index (κ1) is 19.5. The van der Waals surface area contributed by atoms with Gasteiger partial charge in [-0.1, -0.05) is 11.6 Å². The summed E-state index contributed by atoms with van der Waals surface area (Å²) in [6.07, 6.45) is 0.954. The lowest BCUT2D eigenvalue weighted by Crippen LogP contribution is -2.14. The number of carbonyl (C=O) groups excluding carboxylic acids is 1. The van der Waals surface area contributed by atoms with E-state index in [1.807, 2.05) is 29.6 Å². The summed E-state index contributed by atoms with van der Waals surface area (Å²) in [7, 11) is 1.63. The van der Waals surface area contributed by atoms with Gasteiger partial charge in [0.15, 0.2) is 16.6 Å². The topological polar surface area (TPSA) is 69.7 Å². The molecule has 0 saturated heterocycles. The summed E-state index contributed by atoms with van der Waals surface area (Å²) >= 11 is 7.68. The van der Waals surface area contributed by atoms with Gasteiger partial charge < -0.3 is 19.5 Å².